The van der Waals surface area contributed by atoms with Crippen LogP contribution < -0.4 is 4.74 Å². The van der Waals surface area contributed by atoms with Gasteiger partial charge in [0.15, 0.2) is 0 Å². The molecule has 5 nitrogen and oxygen atoms in total. The molecule has 6 rings (SSSR count). The quantitative estimate of drug-likeness (QED) is 0.172. The van der Waals surface area contributed by atoms with Crippen LogP contribution in [0.25, 0.3) is 27.6 Å². The standard InChI is InChI=1S/C37H39N3O2.Pt/c1-22-16-23(2)33(20-29(22)35-39-24(3)21-41-35)42-27-11-12-28-30-17-25(36(4,5)6)10-13-31(30)40(32(28)19-27)34-18-26(14-15-38-34)37(7,8)9;/h10-18,24H,21H2,1-9H3;/q-2;+2/t24-;/m1./s1/i3D3;. The van der Waals surface area contributed by atoms with Crippen LogP contribution in [0.2, 0.25) is 0 Å². The van der Waals surface area contributed by atoms with Crippen molar-refractivity contribution in [3.63, 3.8) is 0 Å². The Hall–Kier alpha value is -3.43. The fourth-order valence-corrected chi connectivity index (χ4v) is 5.42. The maximum absolute atomic E-state index is 7.73. The molecule has 0 fully saturated rings. The molecule has 0 unspecified atom stereocenters. The van der Waals surface area contributed by atoms with Gasteiger partial charge in [-0.1, -0.05) is 90.2 Å². The molecule has 0 saturated carbocycles. The Morgan fingerprint density at radius 2 is 1.65 bits per heavy atom. The number of ether oxygens (including phenoxy) is 2. The van der Waals surface area contributed by atoms with Crippen LogP contribution in [0.15, 0.2) is 59.7 Å². The van der Waals surface area contributed by atoms with Crippen LogP contribution in [0.4, 0.5) is 0 Å². The van der Waals surface area contributed by atoms with Crippen LogP contribution in [0.3, 0.4) is 0 Å². The normalized spacial score (nSPS) is 16.7. The molecule has 0 spiro atoms. The number of hydrogen-bond donors (Lipinski definition) is 0. The number of pyridine rings is 1. The molecular weight excluding hydrogens is 714 g/mol. The van der Waals surface area contributed by atoms with E-state index >= 15 is 0 Å². The van der Waals surface area contributed by atoms with Gasteiger partial charge < -0.3 is 14.0 Å². The summed E-state index contributed by atoms with van der Waals surface area (Å²) in [6, 6.07) is 22.8. The van der Waals surface area contributed by atoms with E-state index in [0.717, 1.165) is 38.8 Å². The second-order valence-corrected chi connectivity index (χ2v) is 13.3. The zero-order valence-corrected chi connectivity index (χ0v) is 28.2. The molecule has 1 atom stereocenters. The third-order valence-corrected chi connectivity index (χ3v) is 7.86. The second kappa shape index (κ2) is 11.2. The first-order valence-electron chi connectivity index (χ1n) is 15.9. The van der Waals surface area contributed by atoms with Gasteiger partial charge in [-0.25, -0.2) is 4.98 Å². The third kappa shape index (κ3) is 5.89. The van der Waals surface area contributed by atoms with Gasteiger partial charge in [0, 0.05) is 27.3 Å². The Kier molecular flexibility index (Phi) is 7.10. The van der Waals surface area contributed by atoms with Crippen LogP contribution in [-0.2, 0) is 36.6 Å². The molecule has 3 aromatic carbocycles. The van der Waals surface area contributed by atoms with Crippen molar-refractivity contribution in [2.45, 2.75) is 79.1 Å². The van der Waals surface area contributed by atoms with Crippen molar-refractivity contribution in [2.75, 3.05) is 6.61 Å². The molecule has 5 aromatic rings. The zero-order chi connectivity index (χ0) is 32.5. The van der Waals surface area contributed by atoms with Crippen molar-refractivity contribution < 1.29 is 34.7 Å². The van der Waals surface area contributed by atoms with Crippen molar-refractivity contribution in [3.8, 4) is 17.3 Å². The van der Waals surface area contributed by atoms with Gasteiger partial charge in [-0.2, -0.15) is 6.07 Å². The summed E-state index contributed by atoms with van der Waals surface area (Å²) in [5, 5.41) is 2.19. The number of aliphatic imine (C=N–C) groups is 1. The minimum absolute atomic E-state index is 0. The van der Waals surface area contributed by atoms with Crippen LogP contribution >= 0.6 is 0 Å². The van der Waals surface area contributed by atoms with E-state index in [2.05, 4.69) is 99.6 Å². The molecule has 1 aliphatic rings. The number of hydrogen-bond acceptors (Lipinski definition) is 4. The monoisotopic (exact) mass is 755 g/mol. The number of aryl methyl sites for hydroxylation is 2. The van der Waals surface area contributed by atoms with E-state index < -0.39 is 12.9 Å². The summed E-state index contributed by atoms with van der Waals surface area (Å²) < 4.78 is 37.5. The topological polar surface area (TPSA) is 48.6 Å². The molecule has 3 heterocycles. The fraction of sp³-hybridized carbons (Fsp3) is 0.351. The Morgan fingerprint density at radius 3 is 2.35 bits per heavy atom. The molecule has 0 bridgehead atoms. The summed E-state index contributed by atoms with van der Waals surface area (Å²) in [6.07, 6.45) is 1.87. The number of rotatable bonds is 4. The molecular formula is C37H39N3O2Pt. The van der Waals surface area contributed by atoms with Crippen molar-refractivity contribution in [3.05, 3.63) is 94.7 Å². The van der Waals surface area contributed by atoms with E-state index in [0.29, 0.717) is 17.1 Å². The summed E-state index contributed by atoms with van der Waals surface area (Å²) in [7, 11) is 0. The summed E-state index contributed by atoms with van der Waals surface area (Å²) >= 11 is 0. The molecule has 2 aromatic heterocycles. The van der Waals surface area contributed by atoms with E-state index in [4.69, 9.17) is 18.6 Å². The first-order chi connectivity index (χ1) is 21.0. The van der Waals surface area contributed by atoms with E-state index in [1.54, 1.807) is 0 Å². The van der Waals surface area contributed by atoms with Gasteiger partial charge in [-0.3, -0.25) is 4.99 Å². The SMILES string of the molecule is [2H]C([2H])([2H])[C@@H]1COC(c2[c-]c(Oc3[c-]c4c(cc3)c3cc(C(C)(C)C)ccc3n4-c3cc(C(C)(C)C)ccn3)c(C)cc2C)=N1.[Pt+2]. The Bertz CT molecular complexity index is 1980. The summed E-state index contributed by atoms with van der Waals surface area (Å²) in [5.74, 6) is 2.12. The van der Waals surface area contributed by atoms with Gasteiger partial charge in [-0.05, 0) is 52.4 Å². The van der Waals surface area contributed by atoms with Crippen molar-refractivity contribution >= 4 is 27.7 Å². The van der Waals surface area contributed by atoms with Crippen molar-refractivity contribution in [1.82, 2.24) is 9.55 Å². The fourth-order valence-electron chi connectivity index (χ4n) is 5.42. The molecule has 0 amide bonds. The molecule has 0 N–H and O–H groups in total. The zero-order valence-electron chi connectivity index (χ0n) is 29.0. The Labute approximate surface area is 273 Å². The van der Waals surface area contributed by atoms with Crippen molar-refractivity contribution in [2.24, 2.45) is 4.99 Å². The molecule has 0 saturated heterocycles. The van der Waals surface area contributed by atoms with E-state index in [1.165, 1.54) is 11.1 Å². The molecule has 0 aliphatic carbocycles. The van der Waals surface area contributed by atoms with Gasteiger partial charge >= 0.3 is 21.1 Å². The van der Waals surface area contributed by atoms with Gasteiger partial charge in [0.1, 0.15) is 11.7 Å². The van der Waals surface area contributed by atoms with Gasteiger partial charge in [-0.15, -0.1) is 29.1 Å². The predicted molar refractivity (Wildman–Crippen MR) is 172 cm³/mol. The minimum Gasteiger partial charge on any atom is -0.518 e. The summed E-state index contributed by atoms with van der Waals surface area (Å²) in [4.78, 5) is 9.17. The van der Waals surface area contributed by atoms with Gasteiger partial charge in [0.2, 0.25) is 0 Å². The summed E-state index contributed by atoms with van der Waals surface area (Å²) in [6.45, 7) is 14.9. The van der Waals surface area contributed by atoms with Gasteiger partial charge in [0.05, 0.1) is 12.6 Å². The summed E-state index contributed by atoms with van der Waals surface area (Å²) in [5.41, 5.74) is 6.66. The molecule has 1 aliphatic heterocycles. The maximum Gasteiger partial charge on any atom is 2.00 e. The Balaban J connectivity index is 0.00000417. The second-order valence-electron chi connectivity index (χ2n) is 13.3. The number of benzene rings is 3. The predicted octanol–water partition coefficient (Wildman–Crippen LogP) is 8.95. The van der Waals surface area contributed by atoms with Crippen LogP contribution in [-0.4, -0.2) is 28.1 Å². The minimum atomic E-state index is -2.22. The third-order valence-electron chi connectivity index (χ3n) is 7.86. The van der Waals surface area contributed by atoms with E-state index in [1.807, 2.05) is 32.2 Å². The smallest absolute Gasteiger partial charge is 0.518 e. The molecule has 43 heavy (non-hydrogen) atoms. The Morgan fingerprint density at radius 1 is 0.907 bits per heavy atom. The van der Waals surface area contributed by atoms with E-state index in [-0.39, 0.29) is 44.4 Å². The number of fused-ring (bicyclic) bond motifs is 3. The number of aromatic nitrogens is 2. The first kappa shape index (κ1) is 27.1. The van der Waals surface area contributed by atoms with Crippen LogP contribution in [0, 0.1) is 26.0 Å². The molecule has 0 radical (unpaired) electrons. The first-order valence-corrected chi connectivity index (χ1v) is 14.4. The largest absolute Gasteiger partial charge is 2.00 e. The van der Waals surface area contributed by atoms with Crippen molar-refractivity contribution in [1.29, 1.82) is 0 Å². The van der Waals surface area contributed by atoms with E-state index in [9.17, 15) is 0 Å². The van der Waals surface area contributed by atoms with Gasteiger partial charge in [0.25, 0.3) is 0 Å². The average Bonchev–Trinajstić information content (AvgIpc) is 3.57. The molecule has 224 valence electrons. The maximum atomic E-state index is 7.73. The number of nitrogens with zero attached hydrogens (tertiary/aromatic N) is 3. The van der Waals surface area contributed by atoms with Crippen LogP contribution in [0.1, 0.15) is 80.3 Å². The molecule has 6 heteroatoms. The van der Waals surface area contributed by atoms with Crippen LogP contribution in [0.5, 0.6) is 11.5 Å². The average molecular weight is 756 g/mol.